The van der Waals surface area contributed by atoms with Crippen LogP contribution in [0.4, 0.5) is 5.69 Å². The van der Waals surface area contributed by atoms with Crippen molar-refractivity contribution in [3.8, 4) is 11.5 Å². The Balaban J connectivity index is 2.03. The molecule has 0 aliphatic carbocycles. The summed E-state index contributed by atoms with van der Waals surface area (Å²) < 4.78 is 15.6. The van der Waals surface area contributed by atoms with Crippen molar-refractivity contribution in [2.75, 3.05) is 26.2 Å². The molecule has 2 rings (SSSR count). The second kappa shape index (κ2) is 9.80. The summed E-state index contributed by atoms with van der Waals surface area (Å²) >= 11 is 6.14. The van der Waals surface area contributed by atoms with Crippen molar-refractivity contribution in [3.05, 3.63) is 59.1 Å². The molecule has 28 heavy (non-hydrogen) atoms. The Labute approximate surface area is 169 Å². The number of halogens is 1. The van der Waals surface area contributed by atoms with Crippen molar-refractivity contribution in [3.63, 3.8) is 0 Å². The largest absolute Gasteiger partial charge is 0.493 e. The first-order valence-electron chi connectivity index (χ1n) is 8.50. The van der Waals surface area contributed by atoms with Crippen molar-refractivity contribution in [1.29, 1.82) is 0 Å². The molecular formula is C21H22ClNO5. The average Bonchev–Trinajstić information content (AvgIpc) is 2.71. The summed E-state index contributed by atoms with van der Waals surface area (Å²) in [5, 5.41) is 0.350. The smallest absolute Gasteiger partial charge is 0.331 e. The number of amides is 1. The molecular weight excluding hydrogens is 382 g/mol. The fourth-order valence-corrected chi connectivity index (χ4v) is 2.81. The number of ether oxygens (including phenoxy) is 3. The monoisotopic (exact) mass is 403 g/mol. The van der Waals surface area contributed by atoms with E-state index in [4.69, 9.17) is 25.8 Å². The predicted molar refractivity (Wildman–Crippen MR) is 109 cm³/mol. The lowest BCUT2D eigenvalue weighted by atomic mass is 10.2. The minimum atomic E-state index is -0.934. The number of rotatable bonds is 7. The molecule has 0 radical (unpaired) electrons. The molecule has 1 atom stereocenters. The van der Waals surface area contributed by atoms with Gasteiger partial charge in [0.05, 0.1) is 19.2 Å². The number of carbonyl (C=O) groups excluding carboxylic acids is 2. The molecule has 0 aliphatic heterocycles. The Morgan fingerprint density at radius 3 is 2.39 bits per heavy atom. The Morgan fingerprint density at radius 2 is 1.79 bits per heavy atom. The Bertz CT molecular complexity index is 867. The predicted octanol–water partition coefficient (Wildman–Crippen LogP) is 3.97. The molecule has 0 fully saturated rings. The van der Waals surface area contributed by atoms with Crippen LogP contribution in [-0.2, 0) is 14.3 Å². The molecule has 1 unspecified atom stereocenters. The van der Waals surface area contributed by atoms with Crippen molar-refractivity contribution < 1.29 is 23.8 Å². The van der Waals surface area contributed by atoms with Gasteiger partial charge in [-0.15, -0.1) is 0 Å². The quantitative estimate of drug-likeness (QED) is 0.517. The van der Waals surface area contributed by atoms with Gasteiger partial charge in [0.25, 0.3) is 5.91 Å². The number of hydrogen-bond acceptors (Lipinski definition) is 5. The topological polar surface area (TPSA) is 65.1 Å². The van der Waals surface area contributed by atoms with E-state index in [2.05, 4.69) is 0 Å². The van der Waals surface area contributed by atoms with Gasteiger partial charge in [0.1, 0.15) is 0 Å². The van der Waals surface area contributed by atoms with Crippen LogP contribution in [-0.4, -0.2) is 39.2 Å². The average molecular weight is 404 g/mol. The van der Waals surface area contributed by atoms with Gasteiger partial charge in [0, 0.05) is 18.8 Å². The van der Waals surface area contributed by atoms with E-state index in [0.717, 1.165) is 0 Å². The molecule has 2 aromatic carbocycles. The second-order valence-electron chi connectivity index (χ2n) is 5.88. The van der Waals surface area contributed by atoms with E-state index in [1.54, 1.807) is 31.3 Å². The van der Waals surface area contributed by atoms with Gasteiger partial charge in [-0.3, -0.25) is 4.79 Å². The zero-order valence-corrected chi connectivity index (χ0v) is 16.9. The van der Waals surface area contributed by atoms with Gasteiger partial charge in [-0.1, -0.05) is 29.8 Å². The van der Waals surface area contributed by atoms with Crippen molar-refractivity contribution >= 4 is 35.2 Å². The lowest BCUT2D eigenvalue weighted by Crippen LogP contribution is -2.37. The number of hydrogen-bond donors (Lipinski definition) is 0. The van der Waals surface area contributed by atoms with Crippen LogP contribution in [0.25, 0.3) is 6.08 Å². The van der Waals surface area contributed by atoms with Crippen LogP contribution >= 0.6 is 11.6 Å². The lowest BCUT2D eigenvalue weighted by molar-refractivity contribution is -0.148. The third-order valence-corrected chi connectivity index (χ3v) is 4.26. The van der Waals surface area contributed by atoms with Gasteiger partial charge in [-0.25, -0.2) is 4.79 Å². The van der Waals surface area contributed by atoms with Crippen molar-refractivity contribution in [2.45, 2.75) is 13.0 Å². The highest BCUT2D eigenvalue weighted by Crippen LogP contribution is 2.36. The molecule has 2 aromatic rings. The van der Waals surface area contributed by atoms with Crippen LogP contribution in [0.1, 0.15) is 12.5 Å². The molecule has 0 saturated carbocycles. The van der Waals surface area contributed by atoms with Gasteiger partial charge >= 0.3 is 5.97 Å². The third kappa shape index (κ3) is 5.27. The number of anilines is 1. The first-order chi connectivity index (χ1) is 13.4. The van der Waals surface area contributed by atoms with Gasteiger partial charge in [0.15, 0.2) is 17.6 Å². The molecule has 0 saturated heterocycles. The summed E-state index contributed by atoms with van der Waals surface area (Å²) in [5.74, 6) is -0.126. The molecule has 0 heterocycles. The minimum absolute atomic E-state index is 0.331. The van der Waals surface area contributed by atoms with Crippen LogP contribution in [0.5, 0.6) is 11.5 Å². The first kappa shape index (κ1) is 21.3. The SMILES string of the molecule is COc1cc(C=CC(=O)OC(C)C(=O)N(C)c2ccccc2)cc(Cl)c1OC. The molecule has 0 bridgehead atoms. The number of methoxy groups -OCH3 is 2. The summed E-state index contributed by atoms with van der Waals surface area (Å²) in [6.45, 7) is 1.53. The molecule has 148 valence electrons. The van der Waals surface area contributed by atoms with E-state index >= 15 is 0 Å². The zero-order chi connectivity index (χ0) is 20.7. The summed E-state index contributed by atoms with van der Waals surface area (Å²) in [5.41, 5.74) is 1.34. The van der Waals surface area contributed by atoms with Crippen molar-refractivity contribution in [2.24, 2.45) is 0 Å². The fraction of sp³-hybridized carbons (Fsp3) is 0.238. The number of esters is 1. The van der Waals surface area contributed by atoms with Crippen LogP contribution < -0.4 is 14.4 Å². The van der Waals surface area contributed by atoms with Crippen molar-refractivity contribution in [1.82, 2.24) is 0 Å². The Kier molecular flexibility index (Phi) is 7.46. The molecule has 0 spiro atoms. The number of likely N-dealkylation sites (N-methyl/N-ethyl adjacent to an activating group) is 1. The molecule has 1 amide bonds. The minimum Gasteiger partial charge on any atom is -0.493 e. The zero-order valence-electron chi connectivity index (χ0n) is 16.1. The number of para-hydroxylation sites is 1. The lowest BCUT2D eigenvalue weighted by Gasteiger charge is -2.21. The maximum atomic E-state index is 12.4. The first-order valence-corrected chi connectivity index (χ1v) is 8.88. The second-order valence-corrected chi connectivity index (χ2v) is 6.29. The summed E-state index contributed by atoms with van der Waals surface area (Å²) in [7, 11) is 4.61. The molecule has 7 heteroatoms. The van der Waals surface area contributed by atoms with E-state index in [1.807, 2.05) is 18.2 Å². The maximum absolute atomic E-state index is 12.4. The molecule has 0 N–H and O–H groups in total. The van der Waals surface area contributed by atoms with Gasteiger partial charge < -0.3 is 19.1 Å². The summed E-state index contributed by atoms with van der Waals surface area (Å²) in [4.78, 5) is 26.0. The van der Waals surface area contributed by atoms with E-state index in [1.165, 1.54) is 38.2 Å². The normalized spacial score (nSPS) is 11.8. The van der Waals surface area contributed by atoms with Crippen LogP contribution in [0.2, 0.25) is 5.02 Å². The Morgan fingerprint density at radius 1 is 1.11 bits per heavy atom. The van der Waals surface area contributed by atoms with Gasteiger partial charge in [-0.05, 0) is 42.8 Å². The number of nitrogens with zero attached hydrogens (tertiary/aromatic N) is 1. The van der Waals surface area contributed by atoms with E-state index in [9.17, 15) is 9.59 Å². The molecule has 0 aromatic heterocycles. The highest BCUT2D eigenvalue weighted by Gasteiger charge is 2.21. The van der Waals surface area contributed by atoms with Gasteiger partial charge in [0.2, 0.25) is 0 Å². The summed E-state index contributed by atoms with van der Waals surface area (Å²) in [6, 6.07) is 12.4. The van der Waals surface area contributed by atoms with E-state index in [0.29, 0.717) is 27.8 Å². The van der Waals surface area contributed by atoms with E-state index in [-0.39, 0.29) is 5.91 Å². The third-order valence-electron chi connectivity index (χ3n) is 3.98. The van der Waals surface area contributed by atoms with E-state index < -0.39 is 12.1 Å². The molecule has 0 aliphatic rings. The van der Waals surface area contributed by atoms with Crippen LogP contribution in [0, 0.1) is 0 Å². The highest BCUT2D eigenvalue weighted by molar-refractivity contribution is 6.32. The van der Waals surface area contributed by atoms with Crippen LogP contribution in [0.3, 0.4) is 0 Å². The Hall–Kier alpha value is -2.99. The number of benzene rings is 2. The maximum Gasteiger partial charge on any atom is 0.331 e. The summed E-state index contributed by atoms with van der Waals surface area (Å²) in [6.07, 6.45) is 1.81. The number of carbonyl (C=O) groups is 2. The standard InChI is InChI=1S/C21H22ClNO5/c1-14(21(25)23(2)16-8-6-5-7-9-16)28-19(24)11-10-15-12-17(22)20(27-4)18(13-15)26-3/h5-14H,1-4H3. The highest BCUT2D eigenvalue weighted by atomic mass is 35.5. The molecule has 6 nitrogen and oxygen atoms in total. The van der Waals surface area contributed by atoms with Gasteiger partial charge in [-0.2, -0.15) is 0 Å². The fourth-order valence-electron chi connectivity index (χ4n) is 2.51. The van der Waals surface area contributed by atoms with Crippen LogP contribution in [0.15, 0.2) is 48.5 Å².